The first-order valence-electron chi connectivity index (χ1n) is 8.33. The first-order valence-corrected chi connectivity index (χ1v) is 8.33. The van der Waals surface area contributed by atoms with Gasteiger partial charge in [-0.15, -0.1) is 0 Å². The third-order valence-corrected chi connectivity index (χ3v) is 4.42. The average Bonchev–Trinajstić information content (AvgIpc) is 2.65. The van der Waals surface area contributed by atoms with Crippen LogP contribution in [-0.2, 0) is 0 Å². The maximum Gasteiger partial charge on any atom is 0.412 e. The minimum Gasteiger partial charge on any atom is -0.355 e. The van der Waals surface area contributed by atoms with Crippen LogP contribution in [0.4, 0.5) is 23.4 Å². The van der Waals surface area contributed by atoms with E-state index in [0.29, 0.717) is 0 Å². The molecule has 0 aliphatic rings. The van der Waals surface area contributed by atoms with Gasteiger partial charge in [-0.3, -0.25) is 4.79 Å². The van der Waals surface area contributed by atoms with Crippen molar-refractivity contribution in [1.29, 1.82) is 0 Å². The smallest absolute Gasteiger partial charge is 0.355 e. The molecule has 4 aromatic rings. The number of nitrogens with zero attached hydrogens (tertiary/aromatic N) is 1. The molecule has 0 amide bonds. The van der Waals surface area contributed by atoms with Crippen LogP contribution in [0.3, 0.4) is 0 Å². The summed E-state index contributed by atoms with van der Waals surface area (Å²) in [5, 5.41) is 2.96. The predicted molar refractivity (Wildman–Crippen MR) is 98.7 cm³/mol. The highest BCUT2D eigenvalue weighted by molar-refractivity contribution is 6.09. The maximum absolute atomic E-state index is 13.8. The monoisotopic (exact) mass is 387 g/mol. The van der Waals surface area contributed by atoms with Crippen molar-refractivity contribution in [2.75, 3.05) is 5.32 Å². The summed E-state index contributed by atoms with van der Waals surface area (Å²) in [6, 6.07) is 10.3. The van der Waals surface area contributed by atoms with E-state index in [2.05, 4.69) is 15.3 Å². The predicted octanol–water partition coefficient (Wildman–Crippen LogP) is 4.93. The zero-order valence-corrected chi connectivity index (χ0v) is 14.2. The van der Waals surface area contributed by atoms with Gasteiger partial charge in [0.25, 0.3) is 5.56 Å². The van der Waals surface area contributed by atoms with Crippen LogP contribution in [0.15, 0.2) is 65.6 Å². The van der Waals surface area contributed by atoms with Crippen molar-refractivity contribution in [3.8, 4) is 0 Å². The third-order valence-electron chi connectivity index (χ3n) is 4.42. The second-order valence-corrected chi connectivity index (χ2v) is 6.25. The Morgan fingerprint density at radius 1 is 1.00 bits per heavy atom. The molecule has 2 N–H and O–H groups in total. The van der Waals surface area contributed by atoms with Gasteiger partial charge in [-0.1, -0.05) is 30.3 Å². The van der Waals surface area contributed by atoms with Crippen LogP contribution in [0.1, 0.15) is 11.6 Å². The molecule has 2 aromatic carbocycles. The molecular formula is C20H13F4N3O. The van der Waals surface area contributed by atoms with Gasteiger partial charge in [-0.25, -0.2) is 9.37 Å². The van der Waals surface area contributed by atoms with E-state index in [1.54, 1.807) is 6.07 Å². The number of rotatable bonds is 3. The van der Waals surface area contributed by atoms with Crippen molar-refractivity contribution in [3.05, 3.63) is 82.5 Å². The number of alkyl halides is 3. The van der Waals surface area contributed by atoms with Crippen LogP contribution >= 0.6 is 0 Å². The molecule has 8 heteroatoms. The maximum atomic E-state index is 13.8. The van der Waals surface area contributed by atoms with Gasteiger partial charge in [0.05, 0.1) is 10.9 Å². The van der Waals surface area contributed by atoms with Crippen LogP contribution in [-0.4, -0.2) is 16.1 Å². The highest BCUT2D eigenvalue weighted by atomic mass is 19.4. The quantitative estimate of drug-likeness (QED) is 0.387. The lowest BCUT2D eigenvalue weighted by Crippen LogP contribution is -2.28. The number of fused-ring (bicyclic) bond motifs is 3. The summed E-state index contributed by atoms with van der Waals surface area (Å²) in [6.45, 7) is 0. The highest BCUT2D eigenvalue weighted by Crippen LogP contribution is 2.37. The molecule has 1 atom stereocenters. The van der Waals surface area contributed by atoms with Gasteiger partial charge in [0.1, 0.15) is 17.7 Å². The van der Waals surface area contributed by atoms with Crippen LogP contribution in [0.5, 0.6) is 0 Å². The fourth-order valence-corrected chi connectivity index (χ4v) is 3.18. The van der Waals surface area contributed by atoms with Gasteiger partial charge in [0.15, 0.2) is 0 Å². The van der Waals surface area contributed by atoms with E-state index in [4.69, 9.17) is 0 Å². The van der Waals surface area contributed by atoms with E-state index in [-0.39, 0.29) is 33.1 Å². The number of halogens is 4. The second kappa shape index (κ2) is 6.63. The van der Waals surface area contributed by atoms with Crippen molar-refractivity contribution in [2.45, 2.75) is 12.2 Å². The molecule has 0 spiro atoms. The Morgan fingerprint density at radius 3 is 2.46 bits per heavy atom. The van der Waals surface area contributed by atoms with Gasteiger partial charge < -0.3 is 10.3 Å². The van der Waals surface area contributed by atoms with E-state index in [0.717, 1.165) is 12.1 Å². The van der Waals surface area contributed by atoms with E-state index < -0.39 is 23.6 Å². The van der Waals surface area contributed by atoms with Crippen molar-refractivity contribution in [1.82, 2.24) is 9.97 Å². The number of hydrogen-bond donors (Lipinski definition) is 2. The molecule has 0 bridgehead atoms. The topological polar surface area (TPSA) is 57.8 Å². The number of aromatic nitrogens is 2. The lowest BCUT2D eigenvalue weighted by molar-refractivity contribution is -0.144. The number of anilines is 1. The summed E-state index contributed by atoms with van der Waals surface area (Å²) in [7, 11) is 0. The number of nitrogens with one attached hydrogen (secondary N) is 2. The summed E-state index contributed by atoms with van der Waals surface area (Å²) in [6.07, 6.45) is -3.26. The standard InChI is InChI=1S/C20H13F4N3O/c21-12-6-7-13-14(10-12)16-15(8-9-25-19(16)28)26-18(13)27-17(20(22,23)24)11-4-2-1-3-5-11/h1-10,17H,(H,25,28)(H,26,27)/t17-/m1/s1. The van der Waals surface area contributed by atoms with Crippen LogP contribution in [0.2, 0.25) is 0 Å². The van der Waals surface area contributed by atoms with Gasteiger partial charge >= 0.3 is 6.18 Å². The molecule has 0 unspecified atom stereocenters. The van der Waals surface area contributed by atoms with Crippen LogP contribution in [0.25, 0.3) is 21.7 Å². The lowest BCUT2D eigenvalue weighted by Gasteiger charge is -2.23. The normalized spacial score (nSPS) is 13.0. The largest absolute Gasteiger partial charge is 0.412 e. The molecule has 4 nitrogen and oxygen atoms in total. The molecule has 0 fully saturated rings. The molecule has 4 rings (SSSR count). The van der Waals surface area contributed by atoms with Gasteiger partial charge in [0, 0.05) is 17.0 Å². The Morgan fingerprint density at radius 2 is 1.75 bits per heavy atom. The molecule has 28 heavy (non-hydrogen) atoms. The first-order chi connectivity index (χ1) is 13.3. The Kier molecular flexibility index (Phi) is 4.26. The average molecular weight is 387 g/mol. The fraction of sp³-hybridized carbons (Fsp3) is 0.100. The first kappa shape index (κ1) is 18.0. The summed E-state index contributed by atoms with van der Waals surface area (Å²) in [4.78, 5) is 18.9. The van der Waals surface area contributed by atoms with E-state index >= 15 is 0 Å². The van der Waals surface area contributed by atoms with Crippen molar-refractivity contribution < 1.29 is 17.6 Å². The van der Waals surface area contributed by atoms with E-state index in [1.807, 2.05) is 0 Å². The number of benzene rings is 2. The molecule has 0 aliphatic carbocycles. The Bertz CT molecular complexity index is 1220. The Hall–Kier alpha value is -3.42. The highest BCUT2D eigenvalue weighted by Gasteiger charge is 2.41. The minimum absolute atomic E-state index is 0.0121. The van der Waals surface area contributed by atoms with E-state index in [1.165, 1.54) is 42.6 Å². The fourth-order valence-electron chi connectivity index (χ4n) is 3.18. The lowest BCUT2D eigenvalue weighted by atomic mass is 10.0. The molecule has 2 aromatic heterocycles. The van der Waals surface area contributed by atoms with Crippen molar-refractivity contribution in [3.63, 3.8) is 0 Å². The molecule has 0 aliphatic heterocycles. The van der Waals surface area contributed by atoms with Crippen molar-refractivity contribution >= 4 is 27.5 Å². The molecule has 0 saturated carbocycles. The van der Waals surface area contributed by atoms with Crippen LogP contribution < -0.4 is 10.9 Å². The van der Waals surface area contributed by atoms with Crippen LogP contribution in [0, 0.1) is 5.82 Å². The summed E-state index contributed by atoms with van der Waals surface area (Å²) >= 11 is 0. The summed E-state index contributed by atoms with van der Waals surface area (Å²) in [5.74, 6) is -0.691. The summed E-state index contributed by atoms with van der Waals surface area (Å²) in [5.41, 5.74) is -0.320. The molecule has 2 heterocycles. The molecule has 0 radical (unpaired) electrons. The molecule has 0 saturated heterocycles. The number of pyridine rings is 2. The summed E-state index contributed by atoms with van der Waals surface area (Å²) < 4.78 is 55.0. The third kappa shape index (κ3) is 3.17. The Balaban J connectivity index is 1.96. The zero-order valence-electron chi connectivity index (χ0n) is 14.2. The molecular weight excluding hydrogens is 374 g/mol. The van der Waals surface area contributed by atoms with Gasteiger partial charge in [-0.05, 0) is 29.8 Å². The minimum atomic E-state index is -4.60. The van der Waals surface area contributed by atoms with Gasteiger partial charge in [-0.2, -0.15) is 13.2 Å². The zero-order chi connectivity index (χ0) is 19.9. The second-order valence-electron chi connectivity index (χ2n) is 6.25. The Labute approximate surface area is 155 Å². The number of aromatic amines is 1. The van der Waals surface area contributed by atoms with E-state index in [9.17, 15) is 22.4 Å². The van der Waals surface area contributed by atoms with Crippen molar-refractivity contribution in [2.24, 2.45) is 0 Å². The molecule has 142 valence electrons. The number of hydrogen-bond acceptors (Lipinski definition) is 3. The SMILES string of the molecule is O=c1[nH]ccc2nc(N[C@H](c3ccccc3)C(F)(F)F)c3ccc(F)cc3c12. The number of H-pyrrole nitrogens is 1. The van der Waals surface area contributed by atoms with Gasteiger partial charge in [0.2, 0.25) is 0 Å².